The van der Waals surface area contributed by atoms with E-state index in [2.05, 4.69) is 27.5 Å². The molecule has 0 bridgehead atoms. The van der Waals surface area contributed by atoms with Gasteiger partial charge in [-0.05, 0) is 31.2 Å². The Morgan fingerprint density at radius 2 is 2.00 bits per heavy atom. The Hall–Kier alpha value is -3.45. The van der Waals surface area contributed by atoms with Crippen LogP contribution in [0.5, 0.6) is 0 Å². The van der Waals surface area contributed by atoms with E-state index in [0.717, 1.165) is 16.3 Å². The summed E-state index contributed by atoms with van der Waals surface area (Å²) in [6.45, 7) is 5.96. The van der Waals surface area contributed by atoms with Crippen molar-refractivity contribution < 1.29 is 9.59 Å². The van der Waals surface area contributed by atoms with Crippen molar-refractivity contribution in [1.82, 2.24) is 10.3 Å². The number of benzene rings is 2. The number of carbonyl (C=O) groups is 2. The lowest BCUT2D eigenvalue weighted by Crippen LogP contribution is -2.26. The predicted molar refractivity (Wildman–Crippen MR) is 118 cm³/mol. The average molecular weight is 407 g/mol. The molecule has 3 aromatic rings. The molecule has 0 unspecified atom stereocenters. The highest BCUT2D eigenvalue weighted by Crippen LogP contribution is 2.24. The van der Waals surface area contributed by atoms with Crippen LogP contribution in [0.4, 0.5) is 11.4 Å². The van der Waals surface area contributed by atoms with Gasteiger partial charge in [0.25, 0.3) is 5.91 Å². The molecule has 148 valence electrons. The molecule has 3 rings (SSSR count). The molecule has 0 saturated carbocycles. The van der Waals surface area contributed by atoms with E-state index >= 15 is 0 Å². The van der Waals surface area contributed by atoms with Gasteiger partial charge in [0.2, 0.25) is 5.91 Å². The number of aryl methyl sites for hydroxylation is 1. The minimum absolute atomic E-state index is 0.0335. The van der Waals surface area contributed by atoms with E-state index in [9.17, 15) is 9.59 Å². The summed E-state index contributed by atoms with van der Waals surface area (Å²) in [5, 5.41) is 11.6. The molecule has 1 heterocycles. The maximum absolute atomic E-state index is 12.4. The summed E-state index contributed by atoms with van der Waals surface area (Å²) in [4.78, 5) is 29.1. The summed E-state index contributed by atoms with van der Waals surface area (Å²) >= 11 is 1.59. The Labute approximate surface area is 173 Å². The van der Waals surface area contributed by atoms with Crippen LogP contribution in [-0.4, -0.2) is 29.9 Å². The molecule has 0 spiro atoms. The minimum Gasteiger partial charge on any atom is -0.376 e. The van der Waals surface area contributed by atoms with E-state index in [-0.39, 0.29) is 18.4 Å². The monoisotopic (exact) mass is 406 g/mol. The molecule has 29 heavy (non-hydrogen) atoms. The van der Waals surface area contributed by atoms with Gasteiger partial charge in [0.1, 0.15) is 0 Å². The summed E-state index contributed by atoms with van der Waals surface area (Å²) in [7, 11) is 0. The van der Waals surface area contributed by atoms with Crippen molar-refractivity contribution in [3.63, 3.8) is 0 Å². The van der Waals surface area contributed by atoms with Gasteiger partial charge in [0, 0.05) is 28.9 Å². The number of nitrogens with one attached hydrogen (secondary N) is 3. The molecule has 2 amide bonds. The Morgan fingerprint density at radius 1 is 1.17 bits per heavy atom. The Balaban J connectivity index is 1.62. The van der Waals surface area contributed by atoms with Gasteiger partial charge < -0.3 is 16.0 Å². The maximum atomic E-state index is 12.4. The fraction of sp³-hybridized carbons (Fsp3) is 0.136. The molecule has 0 saturated heterocycles. The van der Waals surface area contributed by atoms with Crippen LogP contribution in [0.25, 0.3) is 11.3 Å². The third kappa shape index (κ3) is 5.52. The van der Waals surface area contributed by atoms with Crippen LogP contribution in [0.3, 0.4) is 0 Å². The topological polar surface area (TPSA) is 83.1 Å². The van der Waals surface area contributed by atoms with E-state index < -0.39 is 0 Å². The zero-order valence-electron chi connectivity index (χ0n) is 16.1. The van der Waals surface area contributed by atoms with Gasteiger partial charge in [-0.15, -0.1) is 17.9 Å². The van der Waals surface area contributed by atoms with Gasteiger partial charge >= 0.3 is 0 Å². The predicted octanol–water partition coefficient (Wildman–Crippen LogP) is 4.08. The molecule has 0 atom stereocenters. The maximum Gasteiger partial charge on any atom is 0.253 e. The van der Waals surface area contributed by atoms with Crippen LogP contribution in [-0.2, 0) is 4.79 Å². The van der Waals surface area contributed by atoms with E-state index in [1.54, 1.807) is 35.6 Å². The highest BCUT2D eigenvalue weighted by Gasteiger charge is 2.11. The van der Waals surface area contributed by atoms with Crippen LogP contribution in [0, 0.1) is 6.92 Å². The number of anilines is 2. The van der Waals surface area contributed by atoms with Crippen molar-refractivity contribution >= 4 is 34.5 Å². The first-order valence-corrected chi connectivity index (χ1v) is 9.99. The zero-order chi connectivity index (χ0) is 20.6. The van der Waals surface area contributed by atoms with E-state index in [4.69, 9.17) is 0 Å². The van der Waals surface area contributed by atoms with Gasteiger partial charge in [-0.1, -0.05) is 30.3 Å². The average Bonchev–Trinajstić information content (AvgIpc) is 3.17. The number of hydrogen-bond donors (Lipinski definition) is 3. The van der Waals surface area contributed by atoms with Crippen molar-refractivity contribution in [3.05, 3.63) is 77.1 Å². The number of rotatable bonds is 8. The molecular weight excluding hydrogens is 384 g/mol. The van der Waals surface area contributed by atoms with Gasteiger partial charge in [0.15, 0.2) is 0 Å². The summed E-state index contributed by atoms with van der Waals surface area (Å²) in [6, 6.07) is 14.6. The largest absolute Gasteiger partial charge is 0.376 e. The number of nitrogens with zero attached hydrogens (tertiary/aromatic N) is 1. The fourth-order valence-electron chi connectivity index (χ4n) is 2.73. The summed E-state index contributed by atoms with van der Waals surface area (Å²) in [5.41, 5.74) is 3.60. The van der Waals surface area contributed by atoms with Crippen LogP contribution in [0.1, 0.15) is 15.4 Å². The first-order chi connectivity index (χ1) is 14.1. The molecule has 3 N–H and O–H groups in total. The first kappa shape index (κ1) is 20.3. The molecule has 0 aliphatic carbocycles. The zero-order valence-corrected chi connectivity index (χ0v) is 16.9. The lowest BCUT2D eigenvalue weighted by Gasteiger charge is -2.12. The number of aromatic nitrogens is 1. The van der Waals surface area contributed by atoms with Gasteiger partial charge in [-0.25, -0.2) is 4.98 Å². The standard InChI is InChI=1S/C22H22N4O2S/c1-3-11-23-22(28)18-9-4-5-10-19(18)24-13-21(27)26-17-8-6-7-16(12-17)20-14-29-15(2)25-20/h3-10,12,14,24H,1,11,13H2,2H3,(H,23,28)(H,26,27). The Kier molecular flexibility index (Phi) is 6.76. The smallest absolute Gasteiger partial charge is 0.253 e. The second-order valence-electron chi connectivity index (χ2n) is 6.28. The lowest BCUT2D eigenvalue weighted by molar-refractivity contribution is -0.114. The quantitative estimate of drug-likeness (QED) is 0.492. The van der Waals surface area contributed by atoms with E-state index in [1.165, 1.54) is 0 Å². The minimum atomic E-state index is -0.223. The Morgan fingerprint density at radius 3 is 2.76 bits per heavy atom. The number of carbonyl (C=O) groups excluding carboxylic acids is 2. The second kappa shape index (κ2) is 9.66. The van der Waals surface area contributed by atoms with Crippen LogP contribution < -0.4 is 16.0 Å². The van der Waals surface area contributed by atoms with Crippen LogP contribution in [0.15, 0.2) is 66.6 Å². The van der Waals surface area contributed by atoms with E-state index in [0.29, 0.717) is 23.5 Å². The molecule has 7 heteroatoms. The second-order valence-corrected chi connectivity index (χ2v) is 7.34. The molecule has 6 nitrogen and oxygen atoms in total. The SMILES string of the molecule is C=CCNC(=O)c1ccccc1NCC(=O)Nc1cccc(-c2csc(C)n2)c1. The van der Waals surface area contributed by atoms with Crippen molar-refractivity contribution in [3.8, 4) is 11.3 Å². The third-order valence-corrected chi connectivity index (χ3v) is 4.85. The number of para-hydroxylation sites is 1. The van der Waals surface area contributed by atoms with Crippen molar-refractivity contribution in [1.29, 1.82) is 0 Å². The van der Waals surface area contributed by atoms with Crippen molar-refractivity contribution in [2.24, 2.45) is 0 Å². The molecule has 2 aromatic carbocycles. The third-order valence-electron chi connectivity index (χ3n) is 4.08. The van der Waals surface area contributed by atoms with Gasteiger partial charge in [-0.3, -0.25) is 9.59 Å². The fourth-order valence-corrected chi connectivity index (χ4v) is 3.35. The summed E-state index contributed by atoms with van der Waals surface area (Å²) in [6.07, 6.45) is 1.61. The van der Waals surface area contributed by atoms with E-state index in [1.807, 2.05) is 42.6 Å². The van der Waals surface area contributed by atoms with Crippen LogP contribution >= 0.6 is 11.3 Å². The molecule has 0 fully saturated rings. The first-order valence-electron chi connectivity index (χ1n) is 9.11. The molecular formula is C22H22N4O2S. The normalized spacial score (nSPS) is 10.2. The Bertz CT molecular complexity index is 1030. The highest BCUT2D eigenvalue weighted by molar-refractivity contribution is 7.09. The lowest BCUT2D eigenvalue weighted by atomic mass is 10.1. The number of thiazole rings is 1. The van der Waals surface area contributed by atoms with Crippen LogP contribution in [0.2, 0.25) is 0 Å². The number of amides is 2. The van der Waals surface area contributed by atoms with Crippen molar-refractivity contribution in [2.45, 2.75) is 6.92 Å². The molecule has 1 aromatic heterocycles. The highest BCUT2D eigenvalue weighted by atomic mass is 32.1. The van der Waals surface area contributed by atoms with Crippen molar-refractivity contribution in [2.75, 3.05) is 23.7 Å². The number of hydrogen-bond acceptors (Lipinski definition) is 5. The molecule has 0 radical (unpaired) electrons. The van der Waals surface area contributed by atoms with Gasteiger partial charge in [-0.2, -0.15) is 0 Å². The molecule has 0 aliphatic rings. The summed E-state index contributed by atoms with van der Waals surface area (Å²) in [5.74, 6) is -0.433. The van der Waals surface area contributed by atoms with Gasteiger partial charge in [0.05, 0.1) is 22.8 Å². The summed E-state index contributed by atoms with van der Waals surface area (Å²) < 4.78 is 0. The molecule has 0 aliphatic heterocycles.